The molecule has 0 heterocycles. The van der Waals surface area contributed by atoms with Crippen molar-refractivity contribution >= 4 is 0 Å². The molecule has 21 heavy (non-hydrogen) atoms. The van der Waals surface area contributed by atoms with Gasteiger partial charge in [-0.2, -0.15) is 0 Å². The summed E-state index contributed by atoms with van der Waals surface area (Å²) in [5.74, 6) is 0.623. The SMILES string of the molecule is CCOc1ccccc1C(N)Cc1cccc(OC)c1F. The van der Waals surface area contributed by atoms with Gasteiger partial charge in [0.25, 0.3) is 0 Å². The van der Waals surface area contributed by atoms with Crippen molar-refractivity contribution in [3.8, 4) is 11.5 Å². The van der Waals surface area contributed by atoms with Gasteiger partial charge in [-0.05, 0) is 31.0 Å². The molecule has 2 N–H and O–H groups in total. The Morgan fingerprint density at radius 2 is 1.81 bits per heavy atom. The second-order valence-corrected chi connectivity index (χ2v) is 4.71. The highest BCUT2D eigenvalue weighted by atomic mass is 19.1. The molecule has 0 aliphatic carbocycles. The van der Waals surface area contributed by atoms with Gasteiger partial charge in [0.05, 0.1) is 13.7 Å². The summed E-state index contributed by atoms with van der Waals surface area (Å²) in [5, 5.41) is 0. The van der Waals surface area contributed by atoms with Crippen molar-refractivity contribution in [3.05, 3.63) is 59.4 Å². The van der Waals surface area contributed by atoms with Gasteiger partial charge in [0.1, 0.15) is 5.75 Å². The Labute approximate surface area is 124 Å². The van der Waals surface area contributed by atoms with E-state index < -0.39 is 0 Å². The molecular weight excluding hydrogens is 269 g/mol. The van der Waals surface area contributed by atoms with Gasteiger partial charge in [-0.15, -0.1) is 0 Å². The van der Waals surface area contributed by atoms with Crippen LogP contribution >= 0.6 is 0 Å². The van der Waals surface area contributed by atoms with Gasteiger partial charge >= 0.3 is 0 Å². The predicted molar refractivity (Wildman–Crippen MR) is 81.2 cm³/mol. The van der Waals surface area contributed by atoms with Crippen LogP contribution in [0.15, 0.2) is 42.5 Å². The molecule has 0 bridgehead atoms. The van der Waals surface area contributed by atoms with Gasteiger partial charge in [0.2, 0.25) is 0 Å². The highest BCUT2D eigenvalue weighted by Gasteiger charge is 2.16. The average Bonchev–Trinajstić information content (AvgIpc) is 2.50. The normalized spacial score (nSPS) is 12.0. The second kappa shape index (κ2) is 7.09. The summed E-state index contributed by atoms with van der Waals surface area (Å²) in [6.45, 7) is 2.49. The minimum absolute atomic E-state index is 0.234. The van der Waals surface area contributed by atoms with E-state index in [0.717, 1.165) is 11.3 Å². The first kappa shape index (κ1) is 15.3. The monoisotopic (exact) mass is 289 g/mol. The molecule has 0 saturated carbocycles. The Morgan fingerprint density at radius 1 is 1.10 bits per heavy atom. The van der Waals surface area contributed by atoms with Crippen LogP contribution in [0.4, 0.5) is 4.39 Å². The maximum Gasteiger partial charge on any atom is 0.168 e. The summed E-state index contributed by atoms with van der Waals surface area (Å²) in [4.78, 5) is 0. The standard InChI is InChI=1S/C17H20FNO2/c1-3-21-15-9-5-4-8-13(15)14(19)11-12-7-6-10-16(20-2)17(12)18/h4-10,14H,3,11,19H2,1-2H3. The molecule has 0 fully saturated rings. The van der Waals surface area contributed by atoms with Crippen molar-refractivity contribution in [3.63, 3.8) is 0 Å². The van der Waals surface area contributed by atoms with Crippen LogP contribution in [0.2, 0.25) is 0 Å². The van der Waals surface area contributed by atoms with Crippen molar-refractivity contribution in [2.75, 3.05) is 13.7 Å². The van der Waals surface area contributed by atoms with Crippen LogP contribution in [0.5, 0.6) is 11.5 Å². The number of halogens is 1. The maximum atomic E-state index is 14.2. The molecule has 0 amide bonds. The van der Waals surface area contributed by atoms with Crippen LogP contribution in [0.3, 0.4) is 0 Å². The number of rotatable bonds is 6. The van der Waals surface area contributed by atoms with Gasteiger partial charge in [0.15, 0.2) is 11.6 Å². The number of methoxy groups -OCH3 is 1. The fraction of sp³-hybridized carbons (Fsp3) is 0.294. The Bertz CT molecular complexity index is 601. The summed E-state index contributed by atoms with van der Waals surface area (Å²) in [5.41, 5.74) is 7.64. The molecule has 0 saturated heterocycles. The largest absolute Gasteiger partial charge is 0.494 e. The van der Waals surface area contributed by atoms with Crippen molar-refractivity contribution < 1.29 is 13.9 Å². The molecule has 1 atom stereocenters. The van der Waals surface area contributed by atoms with Crippen molar-refractivity contribution in [1.29, 1.82) is 0 Å². The first-order valence-corrected chi connectivity index (χ1v) is 6.96. The van der Waals surface area contributed by atoms with Crippen LogP contribution in [0, 0.1) is 5.82 Å². The van der Waals surface area contributed by atoms with Gasteiger partial charge in [-0.1, -0.05) is 30.3 Å². The third-order valence-electron chi connectivity index (χ3n) is 3.32. The number of nitrogens with two attached hydrogens (primary N) is 1. The molecule has 0 aliphatic heterocycles. The molecule has 4 heteroatoms. The van der Waals surface area contributed by atoms with E-state index in [2.05, 4.69) is 0 Å². The van der Waals surface area contributed by atoms with Crippen molar-refractivity contribution in [1.82, 2.24) is 0 Å². The molecular formula is C17H20FNO2. The highest BCUT2D eigenvalue weighted by Crippen LogP contribution is 2.28. The van der Waals surface area contributed by atoms with E-state index in [9.17, 15) is 4.39 Å². The molecule has 2 rings (SSSR count). The third kappa shape index (κ3) is 3.52. The predicted octanol–water partition coefficient (Wildman–Crippen LogP) is 3.48. The van der Waals surface area contributed by atoms with Crippen molar-refractivity contribution in [2.45, 2.75) is 19.4 Å². The number of hydrogen-bond donors (Lipinski definition) is 1. The van der Waals surface area contributed by atoms with E-state index in [0.29, 0.717) is 18.6 Å². The summed E-state index contributed by atoms with van der Waals surface area (Å²) in [7, 11) is 1.45. The third-order valence-corrected chi connectivity index (χ3v) is 3.32. The lowest BCUT2D eigenvalue weighted by Gasteiger charge is -2.17. The van der Waals surface area contributed by atoms with E-state index in [-0.39, 0.29) is 17.6 Å². The summed E-state index contributed by atoms with van der Waals surface area (Å²) in [6.07, 6.45) is 0.382. The van der Waals surface area contributed by atoms with Crippen molar-refractivity contribution in [2.24, 2.45) is 5.73 Å². The lowest BCUT2D eigenvalue weighted by Crippen LogP contribution is -2.15. The fourth-order valence-electron chi connectivity index (χ4n) is 2.29. The van der Waals surface area contributed by atoms with Gasteiger partial charge in [0, 0.05) is 11.6 Å². The maximum absolute atomic E-state index is 14.2. The average molecular weight is 289 g/mol. The minimum Gasteiger partial charge on any atom is -0.494 e. The quantitative estimate of drug-likeness (QED) is 0.885. The smallest absolute Gasteiger partial charge is 0.168 e. The van der Waals surface area contributed by atoms with Gasteiger partial charge in [-0.3, -0.25) is 0 Å². The zero-order valence-corrected chi connectivity index (χ0v) is 12.3. The van der Waals surface area contributed by atoms with E-state index in [1.165, 1.54) is 7.11 Å². The zero-order chi connectivity index (χ0) is 15.2. The van der Waals surface area contributed by atoms with E-state index in [1.807, 2.05) is 31.2 Å². The molecule has 2 aromatic carbocycles. The van der Waals surface area contributed by atoms with Crippen LogP contribution in [-0.2, 0) is 6.42 Å². The Morgan fingerprint density at radius 3 is 2.52 bits per heavy atom. The summed E-state index contributed by atoms with van der Waals surface area (Å²) in [6, 6.07) is 12.3. The topological polar surface area (TPSA) is 44.5 Å². The summed E-state index contributed by atoms with van der Waals surface area (Å²) < 4.78 is 24.8. The van der Waals surface area contributed by atoms with Crippen LogP contribution in [-0.4, -0.2) is 13.7 Å². The molecule has 0 aromatic heterocycles. The van der Waals surface area contributed by atoms with E-state index in [4.69, 9.17) is 15.2 Å². The first-order chi connectivity index (χ1) is 10.2. The molecule has 0 radical (unpaired) electrons. The molecule has 3 nitrogen and oxygen atoms in total. The highest BCUT2D eigenvalue weighted by molar-refractivity contribution is 5.38. The van der Waals surface area contributed by atoms with E-state index in [1.54, 1.807) is 18.2 Å². The zero-order valence-electron chi connectivity index (χ0n) is 12.3. The number of para-hydroxylation sites is 1. The van der Waals surface area contributed by atoms with Gasteiger partial charge in [-0.25, -0.2) is 4.39 Å². The second-order valence-electron chi connectivity index (χ2n) is 4.71. The lowest BCUT2D eigenvalue weighted by atomic mass is 9.98. The minimum atomic E-state index is -0.357. The Kier molecular flexibility index (Phi) is 5.17. The molecule has 2 aromatic rings. The Balaban J connectivity index is 2.24. The number of benzene rings is 2. The molecule has 112 valence electrons. The lowest BCUT2D eigenvalue weighted by molar-refractivity contribution is 0.334. The van der Waals surface area contributed by atoms with Crippen LogP contribution in [0.25, 0.3) is 0 Å². The fourth-order valence-corrected chi connectivity index (χ4v) is 2.29. The van der Waals surface area contributed by atoms with E-state index >= 15 is 0 Å². The molecule has 0 spiro atoms. The van der Waals surface area contributed by atoms with Crippen LogP contribution < -0.4 is 15.2 Å². The number of ether oxygens (including phenoxy) is 2. The molecule has 0 aliphatic rings. The molecule has 1 unspecified atom stereocenters. The number of hydrogen-bond acceptors (Lipinski definition) is 3. The summed E-state index contributed by atoms with van der Waals surface area (Å²) >= 11 is 0. The van der Waals surface area contributed by atoms with Crippen LogP contribution in [0.1, 0.15) is 24.1 Å². The first-order valence-electron chi connectivity index (χ1n) is 6.96. The Hall–Kier alpha value is -2.07. The van der Waals surface area contributed by atoms with Gasteiger partial charge < -0.3 is 15.2 Å².